The van der Waals surface area contributed by atoms with Crippen LogP contribution in [0.4, 0.5) is 0 Å². The van der Waals surface area contributed by atoms with Crippen molar-refractivity contribution in [2.24, 2.45) is 0 Å². The van der Waals surface area contributed by atoms with Gasteiger partial charge < -0.3 is 0 Å². The van der Waals surface area contributed by atoms with Gasteiger partial charge in [0.25, 0.3) is 0 Å². The third kappa shape index (κ3) is 2.92. The van der Waals surface area contributed by atoms with Crippen molar-refractivity contribution in [1.82, 2.24) is 14.2 Å². The Morgan fingerprint density at radius 1 is 1.35 bits per heavy atom. The summed E-state index contributed by atoms with van der Waals surface area (Å²) in [5.74, 6) is 0.120. The van der Waals surface area contributed by atoms with Gasteiger partial charge in [-0.15, -0.1) is 0 Å². The molecule has 1 fully saturated rings. The second kappa shape index (κ2) is 6.03. The first-order valence-electron chi connectivity index (χ1n) is 6.34. The van der Waals surface area contributed by atoms with Crippen molar-refractivity contribution >= 4 is 28.9 Å². The SMILES string of the molecule is C=Bc1cnc(OC)c(S(=O)(=O)N2CCN(C)CC2)c1. The van der Waals surface area contributed by atoms with Crippen molar-refractivity contribution in [2.45, 2.75) is 4.90 Å². The topological polar surface area (TPSA) is 62.7 Å². The van der Waals surface area contributed by atoms with E-state index in [4.69, 9.17) is 4.74 Å². The molecule has 0 spiro atoms. The summed E-state index contributed by atoms with van der Waals surface area (Å²) < 4.78 is 31.9. The fourth-order valence-electron chi connectivity index (χ4n) is 2.06. The van der Waals surface area contributed by atoms with E-state index in [1.807, 2.05) is 7.05 Å². The molecule has 1 aliphatic rings. The summed E-state index contributed by atoms with van der Waals surface area (Å²) in [5.41, 5.74) is 0.651. The normalized spacial score (nSPS) is 17.7. The first-order valence-corrected chi connectivity index (χ1v) is 7.78. The maximum atomic E-state index is 12.7. The number of sulfonamides is 1. The number of rotatable bonds is 4. The number of nitrogens with zero attached hydrogens (tertiary/aromatic N) is 3. The van der Waals surface area contributed by atoms with Crippen LogP contribution in [-0.2, 0) is 10.0 Å². The van der Waals surface area contributed by atoms with Gasteiger partial charge in [0, 0.05) is 0 Å². The van der Waals surface area contributed by atoms with Crippen LogP contribution in [0.25, 0.3) is 0 Å². The quantitative estimate of drug-likeness (QED) is 0.652. The second-order valence-corrected chi connectivity index (χ2v) is 6.59. The molecule has 0 radical (unpaired) electrons. The molecule has 2 heterocycles. The summed E-state index contributed by atoms with van der Waals surface area (Å²) in [7, 11) is -0.197. The zero-order chi connectivity index (χ0) is 14.8. The van der Waals surface area contributed by atoms with Crippen molar-refractivity contribution in [3.63, 3.8) is 0 Å². The molecule has 0 unspecified atom stereocenters. The zero-order valence-electron chi connectivity index (χ0n) is 11.7. The number of piperazine rings is 1. The van der Waals surface area contributed by atoms with Crippen molar-refractivity contribution in [1.29, 1.82) is 0 Å². The predicted molar refractivity (Wildman–Crippen MR) is 79.6 cm³/mol. The minimum absolute atomic E-state index is 0.0990. The van der Waals surface area contributed by atoms with E-state index in [0.717, 1.165) is 13.1 Å². The maximum absolute atomic E-state index is 12.7. The van der Waals surface area contributed by atoms with E-state index in [1.165, 1.54) is 17.6 Å². The summed E-state index contributed by atoms with van der Waals surface area (Å²) in [6, 6.07) is 1.55. The Balaban J connectivity index is 2.40. The Bertz CT molecular complexity index is 598. The molecule has 1 aliphatic heterocycles. The van der Waals surface area contributed by atoms with Crippen LogP contribution in [0.2, 0.25) is 0 Å². The van der Waals surface area contributed by atoms with Gasteiger partial charge in [-0.25, -0.2) is 0 Å². The first kappa shape index (κ1) is 15.1. The molecule has 0 amide bonds. The Morgan fingerprint density at radius 2 is 2.00 bits per heavy atom. The van der Waals surface area contributed by atoms with Crippen LogP contribution in [0.1, 0.15) is 0 Å². The van der Waals surface area contributed by atoms with Crippen molar-refractivity contribution < 1.29 is 13.2 Å². The molecule has 0 bridgehead atoms. The molecule has 1 saturated heterocycles. The van der Waals surface area contributed by atoms with E-state index < -0.39 is 10.0 Å². The van der Waals surface area contributed by atoms with E-state index in [-0.39, 0.29) is 10.8 Å². The zero-order valence-corrected chi connectivity index (χ0v) is 12.6. The van der Waals surface area contributed by atoms with Gasteiger partial charge in [-0.1, -0.05) is 0 Å². The van der Waals surface area contributed by atoms with Crippen LogP contribution < -0.4 is 10.2 Å². The van der Waals surface area contributed by atoms with Gasteiger partial charge in [-0.3, -0.25) is 0 Å². The number of hydrogen-bond acceptors (Lipinski definition) is 5. The van der Waals surface area contributed by atoms with E-state index in [9.17, 15) is 8.42 Å². The van der Waals surface area contributed by atoms with E-state index in [1.54, 1.807) is 13.0 Å². The third-order valence-electron chi connectivity index (χ3n) is 3.35. The second-order valence-electron chi connectivity index (χ2n) is 4.69. The van der Waals surface area contributed by atoms with Crippen molar-refractivity contribution in [3.8, 4) is 5.88 Å². The van der Waals surface area contributed by atoms with Crippen molar-refractivity contribution in [3.05, 3.63) is 12.3 Å². The Kier molecular flexibility index (Phi) is 4.57. The number of hydrogen-bond donors (Lipinski definition) is 0. The summed E-state index contributed by atoms with van der Waals surface area (Å²) in [5, 5.41) is 0. The number of pyridine rings is 1. The van der Waals surface area contributed by atoms with E-state index >= 15 is 0 Å². The summed E-state index contributed by atoms with van der Waals surface area (Å²) >= 11 is 0. The standard InChI is InChI=1S/C12H18BN3O3S/c1-13-10-8-11(12(19-3)14-9-10)20(17,18)16-6-4-15(2)5-7-16/h8-9H,1,4-7H2,2-3H3. The fraction of sp³-hybridized carbons (Fsp3) is 0.500. The van der Waals surface area contributed by atoms with Gasteiger partial charge in [0.05, 0.1) is 0 Å². The predicted octanol–water partition coefficient (Wildman–Crippen LogP) is -1.21. The average Bonchev–Trinajstić information content (AvgIpc) is 2.47. The van der Waals surface area contributed by atoms with Crippen LogP contribution in [0.15, 0.2) is 17.2 Å². The molecule has 0 saturated carbocycles. The van der Waals surface area contributed by atoms with Crippen LogP contribution in [0.5, 0.6) is 5.88 Å². The van der Waals surface area contributed by atoms with Gasteiger partial charge >= 0.3 is 120 Å². The van der Waals surface area contributed by atoms with E-state index in [2.05, 4.69) is 16.4 Å². The molecule has 0 N–H and O–H groups in total. The molecule has 0 aromatic carbocycles. The molecular formula is C12H18BN3O3S. The molecule has 0 aliphatic carbocycles. The van der Waals surface area contributed by atoms with Crippen LogP contribution in [0, 0.1) is 0 Å². The summed E-state index contributed by atoms with van der Waals surface area (Å²) in [4.78, 5) is 6.23. The summed E-state index contributed by atoms with van der Waals surface area (Å²) in [6.45, 7) is 7.58. The minimum atomic E-state index is -3.59. The molecule has 1 aromatic heterocycles. The number of likely N-dealkylation sites (N-methyl/N-ethyl adjacent to an activating group) is 1. The van der Waals surface area contributed by atoms with Crippen LogP contribution >= 0.6 is 0 Å². The van der Waals surface area contributed by atoms with E-state index in [0.29, 0.717) is 18.6 Å². The number of ether oxygens (including phenoxy) is 1. The molecule has 2 rings (SSSR count). The number of aromatic nitrogens is 1. The Hall–Kier alpha value is -1.25. The van der Waals surface area contributed by atoms with Crippen LogP contribution in [0.3, 0.4) is 0 Å². The van der Waals surface area contributed by atoms with Gasteiger partial charge in [-0.2, -0.15) is 0 Å². The molecule has 20 heavy (non-hydrogen) atoms. The molecular weight excluding hydrogens is 277 g/mol. The van der Waals surface area contributed by atoms with Gasteiger partial charge in [0.15, 0.2) is 0 Å². The van der Waals surface area contributed by atoms with Gasteiger partial charge in [-0.05, 0) is 0 Å². The Labute approximate surface area is 120 Å². The fourth-order valence-corrected chi connectivity index (χ4v) is 3.63. The monoisotopic (exact) mass is 295 g/mol. The van der Waals surface area contributed by atoms with Gasteiger partial charge in [0.2, 0.25) is 0 Å². The molecule has 108 valence electrons. The first-order chi connectivity index (χ1) is 9.48. The molecule has 8 heteroatoms. The Morgan fingerprint density at radius 3 is 2.55 bits per heavy atom. The number of methoxy groups -OCH3 is 1. The molecule has 6 nitrogen and oxygen atoms in total. The van der Waals surface area contributed by atoms with Crippen LogP contribution in [-0.4, -0.2) is 76.3 Å². The molecule has 0 atom stereocenters. The summed E-state index contributed by atoms with van der Waals surface area (Å²) in [6.07, 6.45) is 1.54. The molecule has 1 aromatic rings. The average molecular weight is 295 g/mol. The third-order valence-corrected chi connectivity index (χ3v) is 5.24. The van der Waals surface area contributed by atoms with Crippen molar-refractivity contribution in [2.75, 3.05) is 40.3 Å². The van der Waals surface area contributed by atoms with Gasteiger partial charge in [0.1, 0.15) is 0 Å².